The van der Waals surface area contributed by atoms with Gasteiger partial charge in [-0.2, -0.15) is 0 Å². The van der Waals surface area contributed by atoms with E-state index in [9.17, 15) is 17.6 Å². The second-order valence-electron chi connectivity index (χ2n) is 6.00. The van der Waals surface area contributed by atoms with E-state index in [1.54, 1.807) is 24.3 Å². The highest BCUT2D eigenvalue weighted by molar-refractivity contribution is 7.91. The molecule has 0 radical (unpaired) electrons. The number of amides is 1. The minimum atomic E-state index is -3.14. The van der Waals surface area contributed by atoms with Crippen LogP contribution in [0.2, 0.25) is 0 Å². The summed E-state index contributed by atoms with van der Waals surface area (Å²) >= 11 is 0. The molecule has 0 spiro atoms. The third kappa shape index (κ3) is 4.57. The zero-order chi connectivity index (χ0) is 17.9. The number of hydrogen-bond donors (Lipinski definition) is 0. The van der Waals surface area contributed by atoms with Crippen molar-refractivity contribution in [3.8, 4) is 0 Å². The molecule has 1 fully saturated rings. The molecule has 3 rings (SSSR count). The average molecular weight is 363 g/mol. The Morgan fingerprint density at radius 3 is 2.80 bits per heavy atom. The first-order chi connectivity index (χ1) is 11.9. The van der Waals surface area contributed by atoms with Crippen molar-refractivity contribution in [2.24, 2.45) is 0 Å². The highest BCUT2D eigenvalue weighted by atomic mass is 32.2. The molecule has 1 atom stereocenters. The first kappa shape index (κ1) is 17.4. The number of benzene rings is 1. The van der Waals surface area contributed by atoms with Gasteiger partial charge in [0, 0.05) is 18.7 Å². The highest BCUT2D eigenvalue weighted by Gasteiger charge is 2.34. The molecule has 1 aromatic carbocycles. The van der Waals surface area contributed by atoms with Crippen LogP contribution in [0.5, 0.6) is 0 Å². The molecule has 0 N–H and O–H groups in total. The van der Waals surface area contributed by atoms with Crippen LogP contribution in [0.15, 0.2) is 53.2 Å². The maximum atomic E-state index is 13.4. The van der Waals surface area contributed by atoms with Crippen molar-refractivity contribution < 1.29 is 22.0 Å². The lowest BCUT2D eigenvalue weighted by Crippen LogP contribution is -2.39. The maximum absolute atomic E-state index is 13.4. The molecule has 25 heavy (non-hydrogen) atoms. The largest absolute Gasteiger partial charge is 0.465 e. The Morgan fingerprint density at radius 1 is 1.32 bits per heavy atom. The van der Waals surface area contributed by atoms with Gasteiger partial charge in [-0.15, -0.1) is 0 Å². The van der Waals surface area contributed by atoms with Crippen LogP contribution < -0.4 is 0 Å². The number of furan rings is 1. The number of halogens is 1. The molecule has 132 valence electrons. The third-order valence-corrected chi connectivity index (χ3v) is 5.86. The van der Waals surface area contributed by atoms with Gasteiger partial charge in [0.05, 0.1) is 17.8 Å². The molecule has 0 bridgehead atoms. The summed E-state index contributed by atoms with van der Waals surface area (Å²) in [7, 11) is -3.14. The lowest BCUT2D eigenvalue weighted by atomic mass is 10.1. The van der Waals surface area contributed by atoms with Gasteiger partial charge < -0.3 is 9.32 Å². The molecule has 2 heterocycles. The lowest BCUT2D eigenvalue weighted by Gasteiger charge is -2.27. The van der Waals surface area contributed by atoms with Gasteiger partial charge in [-0.3, -0.25) is 4.79 Å². The fourth-order valence-electron chi connectivity index (χ4n) is 2.88. The lowest BCUT2D eigenvalue weighted by molar-refractivity contribution is -0.128. The zero-order valence-electron chi connectivity index (χ0n) is 13.5. The highest BCUT2D eigenvalue weighted by Crippen LogP contribution is 2.21. The Balaban J connectivity index is 1.82. The molecular formula is C18H18FNO4S. The smallest absolute Gasteiger partial charge is 0.247 e. The molecule has 2 aromatic rings. The Hall–Kier alpha value is -2.41. The Bertz CT molecular complexity index is 874. The minimum Gasteiger partial charge on any atom is -0.465 e. The van der Waals surface area contributed by atoms with E-state index >= 15 is 0 Å². The van der Waals surface area contributed by atoms with Gasteiger partial charge in [0.2, 0.25) is 5.91 Å². The molecule has 1 aliphatic rings. The van der Waals surface area contributed by atoms with Crippen molar-refractivity contribution in [2.45, 2.75) is 19.0 Å². The summed E-state index contributed by atoms with van der Waals surface area (Å²) in [5, 5.41) is 0. The van der Waals surface area contributed by atoms with Gasteiger partial charge in [0.1, 0.15) is 11.6 Å². The van der Waals surface area contributed by atoms with Crippen LogP contribution in [0.4, 0.5) is 4.39 Å². The van der Waals surface area contributed by atoms with Crippen molar-refractivity contribution in [1.82, 2.24) is 4.90 Å². The van der Waals surface area contributed by atoms with Gasteiger partial charge in [-0.05, 0) is 42.3 Å². The predicted molar refractivity (Wildman–Crippen MR) is 91.8 cm³/mol. The Morgan fingerprint density at radius 2 is 2.16 bits per heavy atom. The second kappa shape index (κ2) is 7.23. The van der Waals surface area contributed by atoms with Crippen LogP contribution in [0.3, 0.4) is 0 Å². The quantitative estimate of drug-likeness (QED) is 0.766. The molecule has 1 saturated heterocycles. The van der Waals surface area contributed by atoms with Crippen LogP contribution in [-0.4, -0.2) is 36.8 Å². The second-order valence-corrected chi connectivity index (χ2v) is 8.23. The van der Waals surface area contributed by atoms with E-state index in [4.69, 9.17) is 4.42 Å². The molecule has 0 aliphatic carbocycles. The van der Waals surface area contributed by atoms with E-state index in [1.807, 2.05) is 0 Å². The molecule has 0 unspecified atom stereocenters. The summed E-state index contributed by atoms with van der Waals surface area (Å²) in [5.74, 6) is -0.203. The summed E-state index contributed by atoms with van der Waals surface area (Å²) < 4.78 is 42.2. The molecular weight excluding hydrogens is 345 g/mol. The molecule has 5 nitrogen and oxygen atoms in total. The van der Waals surface area contributed by atoms with Crippen LogP contribution in [0.1, 0.15) is 17.7 Å². The summed E-state index contributed by atoms with van der Waals surface area (Å²) in [6.07, 6.45) is 4.77. The number of rotatable bonds is 5. The van der Waals surface area contributed by atoms with E-state index in [0.29, 0.717) is 17.7 Å². The number of carbonyl (C=O) groups is 1. The van der Waals surface area contributed by atoms with Gasteiger partial charge in [0.15, 0.2) is 9.84 Å². The fourth-order valence-corrected chi connectivity index (χ4v) is 4.61. The summed E-state index contributed by atoms with van der Waals surface area (Å²) in [5.41, 5.74) is 0.615. The number of hydrogen-bond acceptors (Lipinski definition) is 4. The average Bonchev–Trinajstić information content (AvgIpc) is 3.19. The van der Waals surface area contributed by atoms with Gasteiger partial charge in [0.25, 0.3) is 0 Å². The van der Waals surface area contributed by atoms with Gasteiger partial charge >= 0.3 is 0 Å². The van der Waals surface area contributed by atoms with E-state index in [1.165, 1.54) is 35.4 Å². The maximum Gasteiger partial charge on any atom is 0.247 e. The van der Waals surface area contributed by atoms with E-state index in [-0.39, 0.29) is 24.0 Å². The van der Waals surface area contributed by atoms with Crippen LogP contribution in [0.25, 0.3) is 6.08 Å². The summed E-state index contributed by atoms with van der Waals surface area (Å²) in [6, 6.07) is 8.95. The fraction of sp³-hybridized carbons (Fsp3) is 0.278. The third-order valence-electron chi connectivity index (χ3n) is 4.11. The Labute approximate surface area is 145 Å². The minimum absolute atomic E-state index is 0.0620. The molecule has 1 amide bonds. The van der Waals surface area contributed by atoms with Crippen molar-refractivity contribution in [3.63, 3.8) is 0 Å². The monoisotopic (exact) mass is 363 g/mol. The van der Waals surface area contributed by atoms with Crippen LogP contribution in [-0.2, 0) is 21.2 Å². The van der Waals surface area contributed by atoms with Crippen molar-refractivity contribution in [3.05, 3.63) is 65.9 Å². The van der Waals surface area contributed by atoms with Gasteiger partial charge in [-0.25, -0.2) is 12.8 Å². The van der Waals surface area contributed by atoms with Crippen molar-refractivity contribution >= 4 is 21.8 Å². The normalized spacial score (nSPS) is 19.3. The molecule has 1 aliphatic heterocycles. The van der Waals surface area contributed by atoms with Crippen LogP contribution >= 0.6 is 0 Å². The number of sulfone groups is 1. The van der Waals surface area contributed by atoms with E-state index in [2.05, 4.69) is 0 Å². The SMILES string of the molecule is O=C(/C=C/c1ccco1)N(Cc1cccc(F)c1)[C@@H]1CCS(=O)(=O)C1. The van der Waals surface area contributed by atoms with Gasteiger partial charge in [-0.1, -0.05) is 12.1 Å². The topological polar surface area (TPSA) is 67.6 Å². The Kier molecular flexibility index (Phi) is 5.03. The molecule has 0 saturated carbocycles. The van der Waals surface area contributed by atoms with Crippen LogP contribution in [0, 0.1) is 5.82 Å². The summed E-state index contributed by atoms with van der Waals surface area (Å²) in [4.78, 5) is 14.1. The number of nitrogens with zero attached hydrogens (tertiary/aromatic N) is 1. The first-order valence-electron chi connectivity index (χ1n) is 7.90. The zero-order valence-corrected chi connectivity index (χ0v) is 14.3. The number of carbonyl (C=O) groups excluding carboxylic acids is 1. The van der Waals surface area contributed by atoms with E-state index < -0.39 is 21.7 Å². The standard InChI is InChI=1S/C18H18FNO4S/c19-15-4-1-3-14(11-15)12-20(16-8-10-25(22,23)13-16)18(21)7-6-17-5-2-9-24-17/h1-7,9,11,16H,8,10,12-13H2/b7-6+/t16-/m1/s1. The first-order valence-corrected chi connectivity index (χ1v) is 9.72. The molecule has 7 heteroatoms. The van der Waals surface area contributed by atoms with E-state index in [0.717, 1.165) is 0 Å². The summed E-state index contributed by atoms with van der Waals surface area (Å²) in [6.45, 7) is 0.152. The molecule has 1 aromatic heterocycles. The van der Waals surface area contributed by atoms with Crippen molar-refractivity contribution in [1.29, 1.82) is 0 Å². The predicted octanol–water partition coefficient (Wildman–Crippen LogP) is 2.65. The van der Waals surface area contributed by atoms with Crippen molar-refractivity contribution in [2.75, 3.05) is 11.5 Å².